The van der Waals surface area contributed by atoms with E-state index in [0.717, 1.165) is 18.8 Å². The molecule has 0 saturated heterocycles. The topological polar surface area (TPSA) is 56.5 Å². The number of nitrogens with two attached hydrogens (primary N) is 1. The first-order valence-corrected chi connectivity index (χ1v) is 6.94. The summed E-state index contributed by atoms with van der Waals surface area (Å²) in [5, 5.41) is 0. The quantitative estimate of drug-likeness (QED) is 0.559. The lowest BCUT2D eigenvalue weighted by Crippen LogP contribution is -2.30. The predicted molar refractivity (Wildman–Crippen MR) is 75.8 cm³/mol. The fourth-order valence-corrected chi connectivity index (χ4v) is 2.24. The van der Waals surface area contributed by atoms with Crippen molar-refractivity contribution in [3.63, 3.8) is 0 Å². The number of methoxy groups -OCH3 is 1. The molecule has 2 rings (SSSR count). The molecule has 1 aromatic rings. The fraction of sp³-hybridized carbons (Fsp3) is 0.600. The highest BCUT2D eigenvalue weighted by molar-refractivity contribution is 5.31. The first-order valence-electron chi connectivity index (χ1n) is 6.94. The summed E-state index contributed by atoms with van der Waals surface area (Å²) in [7, 11) is 1.73. The third-order valence-electron chi connectivity index (χ3n) is 3.38. The molecule has 4 heteroatoms. The van der Waals surface area contributed by atoms with Crippen LogP contribution in [0.3, 0.4) is 0 Å². The SMILES string of the molecule is COCC(C)CC(NN)c1cccc(OC2CC2)c1. The number of rotatable bonds is 8. The second kappa shape index (κ2) is 6.89. The van der Waals surface area contributed by atoms with Gasteiger partial charge in [-0.25, -0.2) is 0 Å². The zero-order chi connectivity index (χ0) is 13.7. The van der Waals surface area contributed by atoms with Crippen LogP contribution in [0.1, 0.15) is 37.8 Å². The molecule has 1 aliphatic rings. The third kappa shape index (κ3) is 4.49. The maximum atomic E-state index is 5.82. The van der Waals surface area contributed by atoms with Gasteiger partial charge in [0.05, 0.1) is 6.10 Å². The number of hydrazine groups is 1. The summed E-state index contributed by atoms with van der Waals surface area (Å²) in [6.07, 6.45) is 3.71. The summed E-state index contributed by atoms with van der Waals surface area (Å²) in [6.45, 7) is 2.91. The maximum absolute atomic E-state index is 5.82. The van der Waals surface area contributed by atoms with E-state index in [1.54, 1.807) is 7.11 Å². The first-order chi connectivity index (χ1) is 9.22. The van der Waals surface area contributed by atoms with Crippen LogP contribution in [0.4, 0.5) is 0 Å². The van der Waals surface area contributed by atoms with E-state index in [-0.39, 0.29) is 6.04 Å². The smallest absolute Gasteiger partial charge is 0.120 e. The van der Waals surface area contributed by atoms with Gasteiger partial charge in [-0.2, -0.15) is 0 Å². The minimum Gasteiger partial charge on any atom is -0.490 e. The second-order valence-electron chi connectivity index (χ2n) is 5.41. The van der Waals surface area contributed by atoms with Crippen LogP contribution < -0.4 is 16.0 Å². The van der Waals surface area contributed by atoms with E-state index in [1.807, 2.05) is 12.1 Å². The zero-order valence-corrected chi connectivity index (χ0v) is 11.8. The number of benzene rings is 1. The molecule has 3 N–H and O–H groups in total. The number of hydrogen-bond donors (Lipinski definition) is 2. The van der Waals surface area contributed by atoms with E-state index in [0.29, 0.717) is 12.0 Å². The van der Waals surface area contributed by atoms with E-state index in [9.17, 15) is 0 Å². The van der Waals surface area contributed by atoms with Crippen molar-refractivity contribution < 1.29 is 9.47 Å². The van der Waals surface area contributed by atoms with Crippen LogP contribution in [-0.4, -0.2) is 19.8 Å². The highest BCUT2D eigenvalue weighted by Gasteiger charge is 2.23. The summed E-state index contributed by atoms with van der Waals surface area (Å²) in [6, 6.07) is 8.34. The van der Waals surface area contributed by atoms with E-state index >= 15 is 0 Å². The van der Waals surface area contributed by atoms with Crippen LogP contribution in [-0.2, 0) is 4.74 Å². The lowest BCUT2D eigenvalue weighted by molar-refractivity contribution is 0.149. The van der Waals surface area contributed by atoms with Crippen LogP contribution in [0, 0.1) is 5.92 Å². The average molecular weight is 264 g/mol. The molecule has 0 bridgehead atoms. The van der Waals surface area contributed by atoms with Crippen molar-refractivity contribution in [2.24, 2.45) is 11.8 Å². The Hall–Kier alpha value is -1.10. The van der Waals surface area contributed by atoms with E-state index in [1.165, 1.54) is 18.4 Å². The van der Waals surface area contributed by atoms with Gasteiger partial charge < -0.3 is 9.47 Å². The Labute approximate surface area is 115 Å². The summed E-state index contributed by atoms with van der Waals surface area (Å²) in [5.41, 5.74) is 4.06. The first kappa shape index (κ1) is 14.3. The molecule has 1 fully saturated rings. The maximum Gasteiger partial charge on any atom is 0.120 e. The van der Waals surface area contributed by atoms with E-state index in [2.05, 4.69) is 24.5 Å². The summed E-state index contributed by atoms with van der Waals surface area (Å²) >= 11 is 0. The van der Waals surface area contributed by atoms with Crippen molar-refractivity contribution in [2.45, 2.75) is 38.3 Å². The van der Waals surface area contributed by atoms with Gasteiger partial charge in [0.2, 0.25) is 0 Å². The van der Waals surface area contributed by atoms with E-state index < -0.39 is 0 Å². The highest BCUT2D eigenvalue weighted by atomic mass is 16.5. The van der Waals surface area contributed by atoms with E-state index in [4.69, 9.17) is 15.3 Å². The highest BCUT2D eigenvalue weighted by Crippen LogP contribution is 2.29. The third-order valence-corrected chi connectivity index (χ3v) is 3.38. The van der Waals surface area contributed by atoms with Crippen LogP contribution in [0.2, 0.25) is 0 Å². The van der Waals surface area contributed by atoms with Gasteiger partial charge in [-0.05, 0) is 42.9 Å². The van der Waals surface area contributed by atoms with Crippen LogP contribution in [0.5, 0.6) is 5.75 Å². The Morgan fingerprint density at radius 2 is 2.21 bits per heavy atom. The molecule has 0 radical (unpaired) electrons. The lowest BCUT2D eigenvalue weighted by atomic mass is 9.96. The van der Waals surface area contributed by atoms with Gasteiger partial charge in [0, 0.05) is 19.8 Å². The van der Waals surface area contributed by atoms with Gasteiger partial charge in [-0.1, -0.05) is 19.1 Å². The largest absolute Gasteiger partial charge is 0.490 e. The van der Waals surface area contributed by atoms with Gasteiger partial charge in [-0.3, -0.25) is 11.3 Å². The molecule has 4 nitrogen and oxygen atoms in total. The van der Waals surface area contributed by atoms with Crippen molar-refractivity contribution in [1.82, 2.24) is 5.43 Å². The van der Waals surface area contributed by atoms with Gasteiger partial charge in [-0.15, -0.1) is 0 Å². The zero-order valence-electron chi connectivity index (χ0n) is 11.8. The second-order valence-corrected chi connectivity index (χ2v) is 5.41. The Kier molecular flexibility index (Phi) is 5.19. The molecule has 0 aliphatic heterocycles. The van der Waals surface area contributed by atoms with Gasteiger partial charge >= 0.3 is 0 Å². The van der Waals surface area contributed by atoms with Crippen LogP contribution in [0.25, 0.3) is 0 Å². The van der Waals surface area contributed by atoms with Gasteiger partial charge in [0.25, 0.3) is 0 Å². The molecule has 19 heavy (non-hydrogen) atoms. The number of hydrogen-bond acceptors (Lipinski definition) is 4. The molecule has 0 spiro atoms. The predicted octanol–water partition coefficient (Wildman–Crippen LogP) is 2.40. The molecule has 106 valence electrons. The molecule has 0 amide bonds. The average Bonchev–Trinajstić information content (AvgIpc) is 3.20. The Morgan fingerprint density at radius 3 is 2.84 bits per heavy atom. The lowest BCUT2D eigenvalue weighted by Gasteiger charge is -2.21. The summed E-state index contributed by atoms with van der Waals surface area (Å²) in [4.78, 5) is 0. The van der Waals surface area contributed by atoms with Crippen molar-refractivity contribution in [1.29, 1.82) is 0 Å². The summed E-state index contributed by atoms with van der Waals surface area (Å²) in [5.74, 6) is 7.08. The Bertz CT molecular complexity index is 393. The molecular weight excluding hydrogens is 240 g/mol. The number of nitrogens with one attached hydrogen (secondary N) is 1. The molecule has 0 heterocycles. The molecule has 1 aliphatic carbocycles. The van der Waals surface area contributed by atoms with Crippen molar-refractivity contribution >= 4 is 0 Å². The minimum absolute atomic E-state index is 0.132. The van der Waals surface area contributed by atoms with Crippen LogP contribution >= 0.6 is 0 Å². The summed E-state index contributed by atoms with van der Waals surface area (Å²) < 4.78 is 11.0. The number of ether oxygens (including phenoxy) is 2. The molecular formula is C15H24N2O2. The monoisotopic (exact) mass is 264 g/mol. The fourth-order valence-electron chi connectivity index (χ4n) is 2.24. The van der Waals surface area contributed by atoms with Crippen LogP contribution in [0.15, 0.2) is 24.3 Å². The molecule has 2 unspecified atom stereocenters. The normalized spacial score (nSPS) is 18.1. The Balaban J connectivity index is 1.99. The van der Waals surface area contributed by atoms with Crippen molar-refractivity contribution in [3.05, 3.63) is 29.8 Å². The van der Waals surface area contributed by atoms with Gasteiger partial charge in [0.1, 0.15) is 5.75 Å². The Morgan fingerprint density at radius 1 is 1.42 bits per heavy atom. The van der Waals surface area contributed by atoms with Gasteiger partial charge in [0.15, 0.2) is 0 Å². The standard InChI is InChI=1S/C15H24N2O2/c1-11(10-18-2)8-15(17-16)12-4-3-5-14(9-12)19-13-6-7-13/h3-5,9,11,13,15,17H,6-8,10,16H2,1-2H3. The molecule has 1 saturated carbocycles. The molecule has 1 aromatic carbocycles. The van der Waals surface area contributed by atoms with Crippen molar-refractivity contribution in [2.75, 3.05) is 13.7 Å². The minimum atomic E-state index is 0.132. The molecule has 2 atom stereocenters. The van der Waals surface area contributed by atoms with Crippen molar-refractivity contribution in [3.8, 4) is 5.75 Å². The molecule has 0 aromatic heterocycles.